The molecule has 1 aliphatic heterocycles. The summed E-state index contributed by atoms with van der Waals surface area (Å²) in [5, 5.41) is 0. The zero-order valence-electron chi connectivity index (χ0n) is 13.2. The first kappa shape index (κ1) is 16.3. The Morgan fingerprint density at radius 2 is 1.90 bits per heavy atom. The van der Waals surface area contributed by atoms with E-state index >= 15 is 0 Å². The number of anilines is 1. The lowest BCUT2D eigenvalue weighted by molar-refractivity contribution is 0.239. The van der Waals surface area contributed by atoms with E-state index in [1.165, 1.54) is 0 Å². The maximum atomic E-state index is 13.0. The average molecular weight is 310 g/mol. The molecule has 1 aliphatic rings. The van der Waals surface area contributed by atoms with E-state index in [0.717, 1.165) is 43.2 Å². The first-order chi connectivity index (χ1) is 9.87. The van der Waals surface area contributed by atoms with E-state index in [2.05, 4.69) is 6.92 Å². The van der Waals surface area contributed by atoms with Crippen molar-refractivity contribution in [3.8, 4) is 0 Å². The van der Waals surface area contributed by atoms with Crippen LogP contribution in [0.2, 0.25) is 0 Å². The van der Waals surface area contributed by atoms with Gasteiger partial charge in [-0.1, -0.05) is 19.8 Å². The van der Waals surface area contributed by atoms with Crippen molar-refractivity contribution in [2.24, 2.45) is 0 Å². The van der Waals surface area contributed by atoms with Crippen molar-refractivity contribution in [3.05, 3.63) is 23.3 Å². The molecule has 118 valence electrons. The lowest BCUT2D eigenvalue weighted by Crippen LogP contribution is -2.43. The first-order valence-corrected chi connectivity index (χ1v) is 9.20. The Kier molecular flexibility index (Phi) is 4.94. The molecule has 1 heterocycles. The maximum absolute atomic E-state index is 13.0. The van der Waals surface area contributed by atoms with E-state index in [4.69, 9.17) is 5.73 Å². The molecule has 1 aromatic carbocycles. The number of nitrogen functional groups attached to an aromatic ring is 1. The van der Waals surface area contributed by atoms with Crippen LogP contribution in [0.15, 0.2) is 17.0 Å². The van der Waals surface area contributed by atoms with Gasteiger partial charge in [0.05, 0.1) is 5.69 Å². The highest BCUT2D eigenvalue weighted by Crippen LogP contribution is 2.31. The van der Waals surface area contributed by atoms with E-state index in [1.54, 1.807) is 16.4 Å². The van der Waals surface area contributed by atoms with Crippen LogP contribution in [0, 0.1) is 13.8 Å². The molecular weight excluding hydrogens is 284 g/mol. The van der Waals surface area contributed by atoms with Crippen molar-refractivity contribution in [3.63, 3.8) is 0 Å². The second-order valence-corrected chi connectivity index (χ2v) is 7.89. The Hall–Kier alpha value is -1.07. The molecule has 0 aliphatic carbocycles. The third kappa shape index (κ3) is 3.24. The number of aryl methyl sites for hydroxylation is 2. The fourth-order valence-corrected chi connectivity index (χ4v) is 4.98. The van der Waals surface area contributed by atoms with Crippen LogP contribution in [0.4, 0.5) is 5.69 Å². The van der Waals surface area contributed by atoms with Gasteiger partial charge in [0.2, 0.25) is 10.0 Å². The van der Waals surface area contributed by atoms with Gasteiger partial charge in [-0.25, -0.2) is 8.42 Å². The first-order valence-electron chi connectivity index (χ1n) is 7.76. The summed E-state index contributed by atoms with van der Waals surface area (Å²) in [7, 11) is -3.49. The molecule has 1 unspecified atom stereocenters. The topological polar surface area (TPSA) is 63.4 Å². The minimum atomic E-state index is -3.49. The summed E-state index contributed by atoms with van der Waals surface area (Å²) in [6.45, 7) is 6.58. The Bertz CT molecular complexity index is 609. The number of benzene rings is 1. The fourth-order valence-electron chi connectivity index (χ4n) is 3.07. The lowest BCUT2D eigenvalue weighted by Gasteiger charge is -2.35. The van der Waals surface area contributed by atoms with Gasteiger partial charge < -0.3 is 5.73 Å². The SMILES string of the molecule is CCCC1CCCCN1S(=O)(=O)c1cc(C)c(C)cc1N. The van der Waals surface area contributed by atoms with E-state index < -0.39 is 10.0 Å². The molecule has 0 saturated carbocycles. The molecule has 0 spiro atoms. The molecule has 1 aromatic rings. The van der Waals surface area contributed by atoms with E-state index in [0.29, 0.717) is 12.2 Å². The lowest BCUT2D eigenvalue weighted by atomic mass is 10.0. The molecule has 1 atom stereocenters. The largest absolute Gasteiger partial charge is 0.398 e. The normalized spacial score (nSPS) is 20.6. The van der Waals surface area contributed by atoms with Gasteiger partial charge in [0.25, 0.3) is 0 Å². The van der Waals surface area contributed by atoms with Crippen molar-refractivity contribution >= 4 is 15.7 Å². The quantitative estimate of drug-likeness (QED) is 0.868. The van der Waals surface area contributed by atoms with E-state index in [1.807, 2.05) is 13.8 Å². The van der Waals surface area contributed by atoms with E-state index in [-0.39, 0.29) is 10.9 Å². The molecule has 2 N–H and O–H groups in total. The minimum Gasteiger partial charge on any atom is -0.398 e. The maximum Gasteiger partial charge on any atom is 0.245 e. The number of sulfonamides is 1. The summed E-state index contributed by atoms with van der Waals surface area (Å²) in [6, 6.07) is 3.60. The second-order valence-electron chi connectivity index (χ2n) is 6.03. The van der Waals surface area contributed by atoms with Crippen LogP contribution < -0.4 is 5.73 Å². The monoisotopic (exact) mass is 310 g/mol. The van der Waals surface area contributed by atoms with Crippen LogP contribution in [0.1, 0.15) is 50.2 Å². The molecule has 0 radical (unpaired) electrons. The Morgan fingerprint density at radius 3 is 2.57 bits per heavy atom. The molecule has 0 bridgehead atoms. The summed E-state index contributed by atoms with van der Waals surface area (Å²) in [6.07, 6.45) is 4.92. The summed E-state index contributed by atoms with van der Waals surface area (Å²) in [4.78, 5) is 0.272. The molecule has 5 heteroatoms. The molecule has 1 fully saturated rings. The van der Waals surface area contributed by atoms with E-state index in [9.17, 15) is 8.42 Å². The number of nitrogens with zero attached hydrogens (tertiary/aromatic N) is 1. The number of rotatable bonds is 4. The Morgan fingerprint density at radius 1 is 1.24 bits per heavy atom. The highest BCUT2D eigenvalue weighted by Gasteiger charge is 2.34. The predicted octanol–water partition coefficient (Wildman–Crippen LogP) is 3.23. The van der Waals surface area contributed by atoms with Gasteiger partial charge in [0, 0.05) is 12.6 Å². The molecule has 21 heavy (non-hydrogen) atoms. The van der Waals surface area contributed by atoms with Crippen LogP contribution in [0.3, 0.4) is 0 Å². The Labute approximate surface area is 128 Å². The Balaban J connectivity index is 2.43. The third-order valence-electron chi connectivity index (χ3n) is 4.41. The van der Waals surface area contributed by atoms with Crippen molar-refractivity contribution in [1.29, 1.82) is 0 Å². The van der Waals surface area contributed by atoms with Crippen molar-refractivity contribution in [2.75, 3.05) is 12.3 Å². The fraction of sp³-hybridized carbons (Fsp3) is 0.625. The van der Waals surface area contributed by atoms with Gasteiger partial charge in [0.15, 0.2) is 0 Å². The van der Waals surface area contributed by atoms with Crippen LogP contribution in [-0.2, 0) is 10.0 Å². The van der Waals surface area contributed by atoms with Crippen molar-refractivity contribution in [1.82, 2.24) is 4.31 Å². The molecule has 1 saturated heterocycles. The highest BCUT2D eigenvalue weighted by molar-refractivity contribution is 7.89. The van der Waals surface area contributed by atoms with Gasteiger partial charge in [-0.15, -0.1) is 0 Å². The number of hydrogen-bond acceptors (Lipinski definition) is 3. The third-order valence-corrected chi connectivity index (χ3v) is 6.42. The van der Waals surface area contributed by atoms with Crippen LogP contribution in [0.25, 0.3) is 0 Å². The summed E-state index contributed by atoms with van der Waals surface area (Å²) < 4.78 is 27.7. The summed E-state index contributed by atoms with van der Waals surface area (Å²) >= 11 is 0. The number of hydrogen-bond donors (Lipinski definition) is 1. The van der Waals surface area contributed by atoms with Gasteiger partial charge in [-0.2, -0.15) is 4.31 Å². The van der Waals surface area contributed by atoms with Gasteiger partial charge in [0.1, 0.15) is 4.90 Å². The van der Waals surface area contributed by atoms with Crippen molar-refractivity contribution in [2.45, 2.75) is 63.8 Å². The molecule has 2 rings (SSSR count). The summed E-state index contributed by atoms with van der Waals surface area (Å²) in [5.41, 5.74) is 8.34. The van der Waals surface area contributed by atoms with Crippen LogP contribution in [-0.4, -0.2) is 25.3 Å². The number of nitrogens with two attached hydrogens (primary N) is 1. The zero-order valence-corrected chi connectivity index (χ0v) is 14.0. The smallest absolute Gasteiger partial charge is 0.245 e. The van der Waals surface area contributed by atoms with Crippen molar-refractivity contribution < 1.29 is 8.42 Å². The summed E-state index contributed by atoms with van der Waals surface area (Å²) in [5.74, 6) is 0. The predicted molar refractivity (Wildman–Crippen MR) is 86.8 cm³/mol. The van der Waals surface area contributed by atoms with Crippen LogP contribution >= 0.6 is 0 Å². The average Bonchev–Trinajstić information content (AvgIpc) is 2.43. The molecule has 0 aromatic heterocycles. The molecule has 0 amide bonds. The molecule has 4 nitrogen and oxygen atoms in total. The van der Waals surface area contributed by atoms with Crippen LogP contribution in [0.5, 0.6) is 0 Å². The van der Waals surface area contributed by atoms with Gasteiger partial charge >= 0.3 is 0 Å². The molecular formula is C16H26N2O2S. The second kappa shape index (κ2) is 6.36. The minimum absolute atomic E-state index is 0.120. The number of piperidine rings is 1. The highest BCUT2D eigenvalue weighted by atomic mass is 32.2. The van der Waals surface area contributed by atoms with Gasteiger partial charge in [-0.3, -0.25) is 0 Å². The van der Waals surface area contributed by atoms with Gasteiger partial charge in [-0.05, 0) is 56.4 Å². The standard InChI is InChI=1S/C16H26N2O2S/c1-4-7-14-8-5-6-9-18(14)21(19,20)16-11-13(3)12(2)10-15(16)17/h10-11,14H,4-9,17H2,1-3H3. The zero-order chi connectivity index (χ0) is 15.6.